The maximum atomic E-state index is 10.2. The van der Waals surface area contributed by atoms with Gasteiger partial charge < -0.3 is 10.9 Å². The van der Waals surface area contributed by atoms with Gasteiger partial charge in [0.1, 0.15) is 12.9 Å². The first-order valence-electron chi connectivity index (χ1n) is 2.72. The fraction of sp³-hybridized carbons (Fsp3) is 0.250. The molecule has 0 saturated heterocycles. The lowest BCUT2D eigenvalue weighted by atomic mass is 10.7. The largest absolute Gasteiger partial charge is 0.480 e. The van der Waals surface area contributed by atoms with E-state index in [-0.39, 0.29) is 11.3 Å². The van der Waals surface area contributed by atoms with Gasteiger partial charge in [0.25, 0.3) is 0 Å². The Kier molecular flexibility index (Phi) is 1.90. The van der Waals surface area contributed by atoms with Gasteiger partial charge in [-0.2, -0.15) is 5.10 Å². The summed E-state index contributed by atoms with van der Waals surface area (Å²) in [5.41, 5.74) is 0. The predicted octanol–water partition coefficient (Wildman–Crippen LogP) is -0.788. The van der Waals surface area contributed by atoms with Crippen molar-refractivity contribution in [1.82, 2.24) is 14.5 Å². The lowest BCUT2D eigenvalue weighted by molar-refractivity contribution is -0.137. The molecule has 7 heteroatoms. The molecule has 0 spiro atoms. The smallest absolute Gasteiger partial charge is 0.325 e. The molecule has 0 saturated carbocycles. The predicted molar refractivity (Wildman–Crippen MR) is 38.8 cm³/mol. The topological polar surface area (TPSA) is 86.1 Å². The maximum absolute atomic E-state index is 10.2. The van der Waals surface area contributed by atoms with Gasteiger partial charge in [0, 0.05) is 0 Å². The molecule has 0 bridgehead atoms. The zero-order chi connectivity index (χ0) is 8.43. The summed E-state index contributed by atoms with van der Waals surface area (Å²) >= 11 is 4.72. The number of nitrogens with two attached hydrogens (primary N) is 1. The highest BCUT2D eigenvalue weighted by Crippen LogP contribution is 1.87. The standard InChI is InChI=1S/C4H6N4O2S/c5-7-2-6-8(4(7)11)1-3(9)10/h2H,1,5H2,(H,9,10). The summed E-state index contributed by atoms with van der Waals surface area (Å²) in [4.78, 5) is 10.2. The van der Waals surface area contributed by atoms with Crippen LogP contribution >= 0.6 is 12.2 Å². The van der Waals surface area contributed by atoms with Crippen molar-refractivity contribution in [2.45, 2.75) is 6.54 Å². The molecule has 11 heavy (non-hydrogen) atoms. The second kappa shape index (κ2) is 2.70. The molecule has 0 atom stereocenters. The quantitative estimate of drug-likeness (QED) is 0.453. The van der Waals surface area contributed by atoms with E-state index in [0.717, 1.165) is 9.36 Å². The van der Waals surface area contributed by atoms with Gasteiger partial charge in [0.15, 0.2) is 0 Å². The Morgan fingerprint density at radius 1 is 1.91 bits per heavy atom. The Bertz CT molecular complexity index is 327. The third-order valence-corrected chi connectivity index (χ3v) is 1.46. The van der Waals surface area contributed by atoms with E-state index in [4.69, 9.17) is 23.2 Å². The van der Waals surface area contributed by atoms with Crippen molar-refractivity contribution in [1.29, 1.82) is 0 Å². The van der Waals surface area contributed by atoms with Crippen molar-refractivity contribution in [2.24, 2.45) is 0 Å². The van der Waals surface area contributed by atoms with E-state index in [9.17, 15) is 4.79 Å². The van der Waals surface area contributed by atoms with E-state index >= 15 is 0 Å². The monoisotopic (exact) mass is 174 g/mol. The van der Waals surface area contributed by atoms with Crippen molar-refractivity contribution in [3.05, 3.63) is 11.1 Å². The first kappa shape index (κ1) is 7.73. The van der Waals surface area contributed by atoms with Crippen LogP contribution in [-0.4, -0.2) is 25.5 Å². The van der Waals surface area contributed by atoms with E-state index in [1.54, 1.807) is 0 Å². The van der Waals surface area contributed by atoms with Gasteiger partial charge in [-0.25, -0.2) is 9.36 Å². The van der Waals surface area contributed by atoms with Gasteiger partial charge >= 0.3 is 5.97 Å². The van der Waals surface area contributed by atoms with Crippen LogP contribution in [0, 0.1) is 4.77 Å². The van der Waals surface area contributed by atoms with Crippen LogP contribution in [0.25, 0.3) is 0 Å². The fourth-order valence-electron chi connectivity index (χ4n) is 0.587. The molecular formula is C4H6N4O2S. The Hall–Kier alpha value is -1.37. The molecule has 0 fully saturated rings. The highest BCUT2D eigenvalue weighted by Gasteiger charge is 2.02. The summed E-state index contributed by atoms with van der Waals surface area (Å²) in [5.74, 6) is 4.25. The van der Waals surface area contributed by atoms with Crippen LogP contribution in [0.2, 0.25) is 0 Å². The number of carboxylic acid groups (broad SMARTS) is 1. The normalized spacial score (nSPS) is 9.82. The second-order valence-corrected chi connectivity index (χ2v) is 2.24. The van der Waals surface area contributed by atoms with Gasteiger partial charge in [0.2, 0.25) is 4.77 Å². The maximum Gasteiger partial charge on any atom is 0.325 e. The van der Waals surface area contributed by atoms with Gasteiger partial charge in [-0.3, -0.25) is 4.79 Å². The summed E-state index contributed by atoms with van der Waals surface area (Å²) in [6.07, 6.45) is 1.26. The summed E-state index contributed by atoms with van der Waals surface area (Å²) in [6, 6.07) is 0. The van der Waals surface area contributed by atoms with Crippen molar-refractivity contribution >= 4 is 18.2 Å². The number of carbonyl (C=O) groups is 1. The lowest BCUT2D eigenvalue weighted by Crippen LogP contribution is -2.12. The van der Waals surface area contributed by atoms with Crippen molar-refractivity contribution in [3.8, 4) is 0 Å². The Morgan fingerprint density at radius 2 is 2.55 bits per heavy atom. The van der Waals surface area contributed by atoms with Crippen molar-refractivity contribution < 1.29 is 9.90 Å². The van der Waals surface area contributed by atoms with Gasteiger partial charge in [-0.1, -0.05) is 0 Å². The van der Waals surface area contributed by atoms with Crippen LogP contribution in [0.1, 0.15) is 0 Å². The lowest BCUT2D eigenvalue weighted by Gasteiger charge is -1.92. The third-order valence-electron chi connectivity index (χ3n) is 1.04. The minimum Gasteiger partial charge on any atom is -0.480 e. The highest BCUT2D eigenvalue weighted by atomic mass is 32.1. The molecule has 1 rings (SSSR count). The van der Waals surface area contributed by atoms with Crippen LogP contribution < -0.4 is 5.84 Å². The summed E-state index contributed by atoms with van der Waals surface area (Å²) < 4.78 is 2.39. The van der Waals surface area contributed by atoms with Crippen LogP contribution in [0.15, 0.2) is 6.33 Å². The Morgan fingerprint density at radius 3 is 2.91 bits per heavy atom. The van der Waals surface area contributed by atoms with Gasteiger partial charge in [-0.05, 0) is 12.2 Å². The number of carboxylic acids is 1. The van der Waals surface area contributed by atoms with E-state index < -0.39 is 5.97 Å². The van der Waals surface area contributed by atoms with Crippen molar-refractivity contribution in [3.63, 3.8) is 0 Å². The van der Waals surface area contributed by atoms with Crippen LogP contribution in [0.5, 0.6) is 0 Å². The Balaban J connectivity index is 2.97. The molecule has 6 nitrogen and oxygen atoms in total. The highest BCUT2D eigenvalue weighted by molar-refractivity contribution is 7.71. The molecule has 1 aromatic heterocycles. The first-order chi connectivity index (χ1) is 5.11. The molecule has 0 aromatic carbocycles. The molecule has 3 N–H and O–H groups in total. The molecule has 1 heterocycles. The van der Waals surface area contributed by atoms with E-state index in [0.29, 0.717) is 0 Å². The summed E-state index contributed by atoms with van der Waals surface area (Å²) in [5, 5.41) is 12.0. The minimum atomic E-state index is -1.00. The summed E-state index contributed by atoms with van der Waals surface area (Å²) in [7, 11) is 0. The summed E-state index contributed by atoms with van der Waals surface area (Å²) in [6.45, 7) is -0.261. The van der Waals surface area contributed by atoms with Crippen molar-refractivity contribution in [2.75, 3.05) is 5.84 Å². The average molecular weight is 174 g/mol. The molecule has 0 amide bonds. The number of nitrogens with zero attached hydrogens (tertiary/aromatic N) is 3. The van der Waals surface area contributed by atoms with Crippen LogP contribution in [0.4, 0.5) is 0 Å². The zero-order valence-electron chi connectivity index (χ0n) is 5.47. The minimum absolute atomic E-state index is 0.187. The van der Waals surface area contributed by atoms with Crippen LogP contribution in [-0.2, 0) is 11.3 Å². The molecule has 0 aliphatic carbocycles. The third kappa shape index (κ3) is 1.55. The van der Waals surface area contributed by atoms with E-state index in [1.807, 2.05) is 0 Å². The molecular weight excluding hydrogens is 168 g/mol. The Labute approximate surface area is 66.8 Å². The molecule has 0 aliphatic heterocycles. The molecule has 0 radical (unpaired) electrons. The first-order valence-corrected chi connectivity index (χ1v) is 3.13. The van der Waals surface area contributed by atoms with Crippen LogP contribution in [0.3, 0.4) is 0 Å². The van der Waals surface area contributed by atoms with Gasteiger partial charge in [0.05, 0.1) is 0 Å². The number of rotatable bonds is 2. The number of nitrogen functional groups attached to an aromatic ring is 1. The number of hydrogen-bond acceptors (Lipinski definition) is 4. The molecule has 0 unspecified atom stereocenters. The van der Waals surface area contributed by atoms with Gasteiger partial charge in [-0.15, -0.1) is 0 Å². The zero-order valence-corrected chi connectivity index (χ0v) is 6.28. The average Bonchev–Trinajstić information content (AvgIpc) is 2.18. The SMILES string of the molecule is Nn1cnn(CC(=O)O)c1=S. The number of hydrogen-bond donors (Lipinski definition) is 2. The number of aliphatic carboxylic acids is 1. The number of aromatic nitrogens is 3. The molecule has 60 valence electrons. The molecule has 1 aromatic rings. The fourth-order valence-corrected chi connectivity index (χ4v) is 0.745. The van der Waals surface area contributed by atoms with E-state index in [2.05, 4.69) is 5.10 Å². The molecule has 0 aliphatic rings. The second-order valence-electron chi connectivity index (χ2n) is 1.87. The van der Waals surface area contributed by atoms with E-state index in [1.165, 1.54) is 6.33 Å².